The lowest BCUT2D eigenvalue weighted by Gasteiger charge is -2.42. The molecule has 3 heterocycles. The number of aromatic nitrogens is 1. The summed E-state index contributed by atoms with van der Waals surface area (Å²) in [5.41, 5.74) is 1.42. The SMILES string of the molecule is CC(C)CN1c2nc(Nc3cccc(S(=O)(=O)NC4CCC(N5CCN(CC6CC6)CC5)CC4)c3)ccc2N(C)C(=O)[C@H]1C. The number of pyridine rings is 1. The molecule has 6 rings (SSSR count). The third kappa shape index (κ3) is 7.06. The topological polar surface area (TPSA) is 101 Å². The summed E-state index contributed by atoms with van der Waals surface area (Å²) in [5, 5.41) is 3.30. The molecule has 0 spiro atoms. The molecule has 2 aromatic rings. The average molecular weight is 624 g/mol. The molecule has 2 saturated carbocycles. The standard InChI is InChI=1S/C33H49N7O3S/c1-23(2)21-40-24(3)33(41)37(4)30-14-15-31(35-32(30)40)34-27-6-5-7-29(20-27)44(42,43)36-26-10-12-28(13-11-26)39-18-16-38(17-19-39)22-25-8-9-25/h5-7,14-15,20,23-26,28,36H,8-13,16-19,21-22H2,1-4H3,(H,34,35)/t24-,26?,28?/m1/s1. The monoisotopic (exact) mass is 623 g/mol. The van der Waals surface area contributed by atoms with Gasteiger partial charge in [0, 0.05) is 64.1 Å². The highest BCUT2D eigenvalue weighted by Gasteiger charge is 2.35. The molecule has 1 atom stereocenters. The van der Waals surface area contributed by atoms with Crippen LogP contribution >= 0.6 is 0 Å². The number of nitrogens with zero attached hydrogens (tertiary/aromatic N) is 5. The third-order valence-electron chi connectivity index (χ3n) is 9.78. The molecule has 11 heteroatoms. The van der Waals surface area contributed by atoms with Gasteiger partial charge >= 0.3 is 0 Å². The van der Waals surface area contributed by atoms with Gasteiger partial charge in [-0.1, -0.05) is 19.9 Å². The molecule has 0 bridgehead atoms. The number of anilines is 4. The number of fused-ring (bicyclic) bond motifs is 1. The Balaban J connectivity index is 1.07. The van der Waals surface area contributed by atoms with E-state index in [0.29, 0.717) is 30.0 Å². The Morgan fingerprint density at radius 1 is 0.977 bits per heavy atom. The Labute approximate surface area is 263 Å². The van der Waals surface area contributed by atoms with E-state index in [4.69, 9.17) is 4.98 Å². The van der Waals surface area contributed by atoms with Crippen molar-refractivity contribution in [3.63, 3.8) is 0 Å². The number of carbonyl (C=O) groups is 1. The highest BCUT2D eigenvalue weighted by Crippen LogP contribution is 2.36. The first-order valence-electron chi connectivity index (χ1n) is 16.5. The van der Waals surface area contributed by atoms with Crippen molar-refractivity contribution in [2.75, 3.05) is 61.4 Å². The number of sulfonamides is 1. The predicted octanol–water partition coefficient (Wildman–Crippen LogP) is 4.27. The molecule has 0 radical (unpaired) electrons. The maximum Gasteiger partial charge on any atom is 0.249 e. The summed E-state index contributed by atoms with van der Waals surface area (Å²) in [6.45, 7) is 12.8. The van der Waals surface area contributed by atoms with Crippen molar-refractivity contribution in [1.29, 1.82) is 0 Å². The summed E-state index contributed by atoms with van der Waals surface area (Å²) in [6.07, 6.45) is 6.62. The van der Waals surface area contributed by atoms with E-state index in [0.717, 1.165) is 56.2 Å². The minimum atomic E-state index is -3.67. The maximum atomic E-state index is 13.4. The maximum absolute atomic E-state index is 13.4. The van der Waals surface area contributed by atoms with Gasteiger partial charge in [-0.15, -0.1) is 0 Å². The van der Waals surface area contributed by atoms with Crippen LogP contribution in [0.5, 0.6) is 0 Å². The van der Waals surface area contributed by atoms with Crippen molar-refractivity contribution < 1.29 is 13.2 Å². The first-order valence-corrected chi connectivity index (χ1v) is 18.0. The van der Waals surface area contributed by atoms with Crippen LogP contribution in [0.25, 0.3) is 0 Å². The second-order valence-electron chi connectivity index (χ2n) is 13.7. The number of amides is 1. The van der Waals surface area contributed by atoms with Gasteiger partial charge in [0.1, 0.15) is 11.9 Å². The Morgan fingerprint density at radius 3 is 2.39 bits per heavy atom. The molecular formula is C33H49N7O3S. The molecular weight excluding hydrogens is 574 g/mol. The molecule has 0 unspecified atom stereocenters. The highest BCUT2D eigenvalue weighted by molar-refractivity contribution is 7.89. The van der Waals surface area contributed by atoms with Crippen molar-refractivity contribution in [2.24, 2.45) is 11.8 Å². The van der Waals surface area contributed by atoms with Gasteiger partial charge in [0.15, 0.2) is 5.82 Å². The summed E-state index contributed by atoms with van der Waals surface area (Å²) in [7, 11) is -1.89. The van der Waals surface area contributed by atoms with Crippen molar-refractivity contribution >= 4 is 38.9 Å². The Bertz CT molecular complexity index is 1430. The second-order valence-corrected chi connectivity index (χ2v) is 15.4. The van der Waals surface area contributed by atoms with Gasteiger partial charge in [-0.3, -0.25) is 9.69 Å². The molecule has 1 saturated heterocycles. The van der Waals surface area contributed by atoms with E-state index in [2.05, 4.69) is 38.6 Å². The smallest absolute Gasteiger partial charge is 0.249 e. The summed E-state index contributed by atoms with van der Waals surface area (Å²) in [4.78, 5) is 26.9. The van der Waals surface area contributed by atoms with Gasteiger partial charge in [0.25, 0.3) is 0 Å². The number of carbonyl (C=O) groups excluding carboxylic acids is 1. The summed E-state index contributed by atoms with van der Waals surface area (Å²) >= 11 is 0. The minimum absolute atomic E-state index is 0.0417. The number of benzene rings is 1. The van der Waals surface area contributed by atoms with E-state index in [1.807, 2.05) is 25.1 Å². The molecule has 1 aromatic carbocycles. The zero-order chi connectivity index (χ0) is 31.0. The van der Waals surface area contributed by atoms with Gasteiger partial charge in [0.05, 0.1) is 10.6 Å². The van der Waals surface area contributed by atoms with Gasteiger partial charge in [-0.05, 0) is 87.6 Å². The lowest BCUT2D eigenvalue weighted by molar-refractivity contribution is -0.119. The molecule has 2 aliphatic carbocycles. The highest BCUT2D eigenvalue weighted by atomic mass is 32.2. The lowest BCUT2D eigenvalue weighted by Crippen LogP contribution is -2.52. The van der Waals surface area contributed by atoms with Crippen LogP contribution in [-0.4, -0.2) is 93.6 Å². The van der Waals surface area contributed by atoms with E-state index in [9.17, 15) is 13.2 Å². The Hall–Kier alpha value is -2.73. The first kappa shape index (κ1) is 31.3. The van der Waals surface area contributed by atoms with Gasteiger partial charge < -0.3 is 20.0 Å². The predicted molar refractivity (Wildman–Crippen MR) is 176 cm³/mol. The van der Waals surface area contributed by atoms with Crippen molar-refractivity contribution in [2.45, 2.75) is 82.3 Å². The van der Waals surface area contributed by atoms with Crippen molar-refractivity contribution in [3.05, 3.63) is 36.4 Å². The first-order chi connectivity index (χ1) is 21.1. The number of piperazine rings is 1. The van der Waals surface area contributed by atoms with Crippen LogP contribution in [-0.2, 0) is 14.8 Å². The van der Waals surface area contributed by atoms with E-state index in [-0.39, 0.29) is 22.9 Å². The zero-order valence-corrected chi connectivity index (χ0v) is 27.5. The summed E-state index contributed by atoms with van der Waals surface area (Å²) < 4.78 is 29.9. The van der Waals surface area contributed by atoms with Gasteiger partial charge in [0.2, 0.25) is 15.9 Å². The van der Waals surface area contributed by atoms with Crippen molar-refractivity contribution in [1.82, 2.24) is 19.5 Å². The number of hydrogen-bond acceptors (Lipinski definition) is 8. The van der Waals surface area contributed by atoms with Crippen molar-refractivity contribution in [3.8, 4) is 0 Å². The van der Waals surface area contributed by atoms with E-state index >= 15 is 0 Å². The quantitative estimate of drug-likeness (QED) is 0.405. The van der Waals surface area contributed by atoms with E-state index < -0.39 is 10.0 Å². The zero-order valence-electron chi connectivity index (χ0n) is 26.7. The molecule has 4 aliphatic rings. The Kier molecular flexibility index (Phi) is 9.20. The molecule has 10 nitrogen and oxygen atoms in total. The summed E-state index contributed by atoms with van der Waals surface area (Å²) in [6, 6.07) is 10.9. The largest absolute Gasteiger partial charge is 0.343 e. The van der Waals surface area contributed by atoms with Gasteiger partial charge in [-0.25, -0.2) is 18.1 Å². The molecule has 240 valence electrons. The van der Waals surface area contributed by atoms with Crippen LogP contribution in [0, 0.1) is 11.8 Å². The van der Waals surface area contributed by atoms with Crippen LogP contribution in [0.15, 0.2) is 41.3 Å². The van der Waals surface area contributed by atoms with Crippen LogP contribution in [0.1, 0.15) is 59.3 Å². The van der Waals surface area contributed by atoms with Crippen LogP contribution in [0.2, 0.25) is 0 Å². The fraction of sp³-hybridized carbons (Fsp3) is 0.636. The van der Waals surface area contributed by atoms with Crippen LogP contribution in [0.4, 0.5) is 23.0 Å². The normalized spacial score (nSPS) is 25.4. The molecule has 1 amide bonds. The summed E-state index contributed by atoms with van der Waals surface area (Å²) in [5.74, 6) is 2.70. The van der Waals surface area contributed by atoms with E-state index in [1.165, 1.54) is 32.5 Å². The molecule has 3 fully saturated rings. The van der Waals surface area contributed by atoms with Crippen LogP contribution in [0.3, 0.4) is 0 Å². The van der Waals surface area contributed by atoms with Crippen LogP contribution < -0.4 is 19.8 Å². The number of nitrogens with one attached hydrogen (secondary N) is 2. The lowest BCUT2D eigenvalue weighted by atomic mass is 9.90. The van der Waals surface area contributed by atoms with Gasteiger partial charge in [-0.2, -0.15) is 0 Å². The van der Waals surface area contributed by atoms with E-state index in [1.54, 1.807) is 30.1 Å². The molecule has 2 aliphatic heterocycles. The molecule has 2 N–H and O–H groups in total. The fourth-order valence-corrected chi connectivity index (χ4v) is 8.40. The fourth-order valence-electron chi connectivity index (χ4n) is 7.05. The number of hydrogen-bond donors (Lipinski definition) is 2. The third-order valence-corrected chi connectivity index (χ3v) is 11.3. The number of likely N-dealkylation sites (N-methyl/N-ethyl adjacent to an activating group) is 1. The number of rotatable bonds is 10. The molecule has 44 heavy (non-hydrogen) atoms. The Morgan fingerprint density at radius 2 is 1.70 bits per heavy atom. The minimum Gasteiger partial charge on any atom is -0.343 e. The average Bonchev–Trinajstić information content (AvgIpc) is 3.83. The second kappa shape index (κ2) is 12.9. The molecule has 1 aromatic heterocycles.